The highest BCUT2D eigenvalue weighted by atomic mass is 16.5. The molecule has 114 valence electrons. The Bertz CT molecular complexity index is 619. The highest BCUT2D eigenvalue weighted by Gasteiger charge is 2.15. The summed E-state index contributed by atoms with van der Waals surface area (Å²) in [5, 5.41) is 9.27. The maximum atomic E-state index is 11.3. The van der Waals surface area contributed by atoms with Crippen LogP contribution in [0.3, 0.4) is 0 Å². The van der Waals surface area contributed by atoms with Crippen molar-refractivity contribution in [2.75, 3.05) is 13.7 Å². The SMILES string of the molecule is CCc1nc2c(C(=O)O)cccc2n1CCCCCOC. The molecule has 0 saturated heterocycles. The number of unbranched alkanes of at least 4 members (excludes halogenated alkanes) is 2. The summed E-state index contributed by atoms with van der Waals surface area (Å²) >= 11 is 0. The molecule has 0 aliphatic heterocycles. The van der Waals surface area contributed by atoms with Crippen LogP contribution in [0.25, 0.3) is 11.0 Å². The molecule has 0 aliphatic carbocycles. The Morgan fingerprint density at radius 1 is 1.33 bits per heavy atom. The van der Waals surface area contributed by atoms with Crippen LogP contribution >= 0.6 is 0 Å². The van der Waals surface area contributed by atoms with E-state index in [0.29, 0.717) is 5.52 Å². The van der Waals surface area contributed by atoms with Crippen molar-refractivity contribution in [3.05, 3.63) is 29.6 Å². The molecule has 0 aliphatic rings. The molecule has 1 aromatic carbocycles. The lowest BCUT2D eigenvalue weighted by Crippen LogP contribution is -2.03. The van der Waals surface area contributed by atoms with Crippen molar-refractivity contribution < 1.29 is 14.6 Å². The number of aromatic carboxylic acids is 1. The summed E-state index contributed by atoms with van der Waals surface area (Å²) in [5.74, 6) is 0.0263. The third-order valence-electron chi connectivity index (χ3n) is 3.63. The number of ether oxygens (including phenoxy) is 1. The van der Waals surface area contributed by atoms with Gasteiger partial charge >= 0.3 is 5.97 Å². The van der Waals surface area contributed by atoms with Crippen molar-refractivity contribution in [1.82, 2.24) is 9.55 Å². The molecule has 1 N–H and O–H groups in total. The highest BCUT2D eigenvalue weighted by Crippen LogP contribution is 2.21. The summed E-state index contributed by atoms with van der Waals surface area (Å²) in [7, 11) is 1.71. The normalized spacial score (nSPS) is 11.1. The van der Waals surface area contributed by atoms with Crippen molar-refractivity contribution in [3.8, 4) is 0 Å². The average molecular weight is 290 g/mol. The fraction of sp³-hybridized carbons (Fsp3) is 0.500. The first-order chi connectivity index (χ1) is 10.2. The summed E-state index contributed by atoms with van der Waals surface area (Å²) in [6.07, 6.45) is 3.98. The van der Waals surface area contributed by atoms with Gasteiger partial charge in [0, 0.05) is 26.7 Å². The van der Waals surface area contributed by atoms with E-state index < -0.39 is 5.97 Å². The van der Waals surface area contributed by atoms with Crippen LogP contribution in [0.15, 0.2) is 18.2 Å². The highest BCUT2D eigenvalue weighted by molar-refractivity contribution is 6.01. The first-order valence-electron chi connectivity index (χ1n) is 7.39. The largest absolute Gasteiger partial charge is 0.478 e. The van der Waals surface area contributed by atoms with Crippen LogP contribution in [0, 0.1) is 0 Å². The second-order valence-electron chi connectivity index (χ2n) is 5.07. The van der Waals surface area contributed by atoms with Crippen molar-refractivity contribution in [2.45, 2.75) is 39.2 Å². The van der Waals surface area contributed by atoms with Gasteiger partial charge in [0.2, 0.25) is 0 Å². The number of carboxylic acids is 1. The maximum Gasteiger partial charge on any atom is 0.337 e. The summed E-state index contributed by atoms with van der Waals surface area (Å²) in [6, 6.07) is 5.34. The molecule has 21 heavy (non-hydrogen) atoms. The molecular weight excluding hydrogens is 268 g/mol. The minimum atomic E-state index is -0.923. The van der Waals surface area contributed by atoms with Gasteiger partial charge in [-0.3, -0.25) is 0 Å². The number of aryl methyl sites for hydroxylation is 2. The standard InChI is InChI=1S/C16H22N2O3/c1-3-14-17-15-12(16(19)20)8-7-9-13(15)18(14)10-5-4-6-11-21-2/h7-9H,3-6,10-11H2,1-2H3,(H,19,20). The predicted molar refractivity (Wildman–Crippen MR) is 81.8 cm³/mol. The Balaban J connectivity index is 2.25. The number of fused-ring (bicyclic) bond motifs is 1. The number of aromatic nitrogens is 2. The topological polar surface area (TPSA) is 64.3 Å². The Kier molecular flexibility index (Phi) is 5.33. The van der Waals surface area contributed by atoms with Crippen molar-refractivity contribution in [2.24, 2.45) is 0 Å². The molecule has 0 radical (unpaired) electrons. The number of methoxy groups -OCH3 is 1. The first-order valence-corrected chi connectivity index (χ1v) is 7.39. The Morgan fingerprint density at radius 3 is 2.81 bits per heavy atom. The molecule has 5 nitrogen and oxygen atoms in total. The molecule has 0 amide bonds. The zero-order valence-electron chi connectivity index (χ0n) is 12.6. The van der Waals surface area contributed by atoms with E-state index in [0.717, 1.165) is 50.2 Å². The Morgan fingerprint density at radius 2 is 2.14 bits per heavy atom. The van der Waals surface area contributed by atoms with Crippen LogP contribution < -0.4 is 0 Å². The molecule has 0 fully saturated rings. The summed E-state index contributed by atoms with van der Waals surface area (Å²) in [6.45, 7) is 3.70. The number of carboxylic acid groups (broad SMARTS) is 1. The lowest BCUT2D eigenvalue weighted by atomic mass is 10.2. The van der Waals surface area contributed by atoms with Crippen molar-refractivity contribution in [1.29, 1.82) is 0 Å². The zero-order chi connectivity index (χ0) is 15.2. The smallest absolute Gasteiger partial charge is 0.337 e. The van der Waals surface area contributed by atoms with Gasteiger partial charge in [0.05, 0.1) is 11.1 Å². The van der Waals surface area contributed by atoms with E-state index in [9.17, 15) is 9.90 Å². The van der Waals surface area contributed by atoms with E-state index in [4.69, 9.17) is 4.74 Å². The number of hydrogen-bond donors (Lipinski definition) is 1. The van der Waals surface area contributed by atoms with Gasteiger partial charge in [0.1, 0.15) is 11.3 Å². The Hall–Kier alpha value is -1.88. The minimum absolute atomic E-state index is 0.278. The number of nitrogens with zero attached hydrogens (tertiary/aromatic N) is 2. The molecule has 1 aromatic heterocycles. The average Bonchev–Trinajstić information content (AvgIpc) is 2.84. The minimum Gasteiger partial charge on any atom is -0.478 e. The third kappa shape index (κ3) is 3.42. The van der Waals surface area contributed by atoms with Crippen molar-refractivity contribution >= 4 is 17.0 Å². The van der Waals surface area contributed by atoms with E-state index in [1.807, 2.05) is 13.0 Å². The second-order valence-corrected chi connectivity index (χ2v) is 5.07. The van der Waals surface area contributed by atoms with Crippen LogP contribution in [0.4, 0.5) is 0 Å². The van der Waals surface area contributed by atoms with E-state index in [1.54, 1.807) is 19.2 Å². The van der Waals surface area contributed by atoms with Gasteiger partial charge < -0.3 is 14.4 Å². The first kappa shape index (κ1) is 15.5. The molecule has 0 bridgehead atoms. The Labute approximate surface area is 124 Å². The van der Waals surface area contributed by atoms with E-state index in [1.165, 1.54) is 0 Å². The lowest BCUT2D eigenvalue weighted by molar-refractivity contribution is 0.0699. The number of para-hydroxylation sites is 1. The van der Waals surface area contributed by atoms with Crippen molar-refractivity contribution in [3.63, 3.8) is 0 Å². The van der Waals surface area contributed by atoms with E-state index >= 15 is 0 Å². The zero-order valence-corrected chi connectivity index (χ0v) is 12.6. The molecule has 0 atom stereocenters. The fourth-order valence-electron chi connectivity index (χ4n) is 2.58. The maximum absolute atomic E-state index is 11.3. The predicted octanol–water partition coefficient (Wildman–Crippen LogP) is 3.11. The van der Waals surface area contributed by atoms with Crippen LogP contribution in [0.5, 0.6) is 0 Å². The number of imidazole rings is 1. The number of hydrogen-bond acceptors (Lipinski definition) is 3. The third-order valence-corrected chi connectivity index (χ3v) is 3.63. The lowest BCUT2D eigenvalue weighted by Gasteiger charge is -2.08. The van der Waals surface area contributed by atoms with Crippen LogP contribution in [-0.4, -0.2) is 34.3 Å². The summed E-state index contributed by atoms with van der Waals surface area (Å²) in [4.78, 5) is 15.8. The number of benzene rings is 1. The molecule has 1 heterocycles. The quantitative estimate of drug-likeness (QED) is 0.759. The summed E-state index contributed by atoms with van der Waals surface area (Å²) in [5.41, 5.74) is 1.79. The fourth-order valence-corrected chi connectivity index (χ4v) is 2.58. The van der Waals surface area contributed by atoms with Gasteiger partial charge in [-0.05, 0) is 31.4 Å². The van der Waals surface area contributed by atoms with Crippen LogP contribution in [0.1, 0.15) is 42.4 Å². The monoisotopic (exact) mass is 290 g/mol. The van der Waals surface area contributed by atoms with Gasteiger partial charge in [0.15, 0.2) is 0 Å². The summed E-state index contributed by atoms with van der Waals surface area (Å²) < 4.78 is 7.20. The molecule has 0 saturated carbocycles. The van der Waals surface area contributed by atoms with Gasteiger partial charge in [-0.15, -0.1) is 0 Å². The number of rotatable bonds is 8. The van der Waals surface area contributed by atoms with E-state index in [-0.39, 0.29) is 5.56 Å². The molecule has 0 unspecified atom stereocenters. The van der Waals surface area contributed by atoms with E-state index in [2.05, 4.69) is 9.55 Å². The van der Waals surface area contributed by atoms with Crippen LogP contribution in [0.2, 0.25) is 0 Å². The van der Waals surface area contributed by atoms with Gasteiger partial charge in [-0.1, -0.05) is 13.0 Å². The second kappa shape index (κ2) is 7.22. The number of carbonyl (C=O) groups is 1. The molecule has 0 spiro atoms. The molecule has 2 aromatic rings. The molecule has 2 rings (SSSR count). The van der Waals surface area contributed by atoms with Crippen LogP contribution in [-0.2, 0) is 17.7 Å². The molecular formula is C16H22N2O3. The molecule has 5 heteroatoms. The van der Waals surface area contributed by atoms with Gasteiger partial charge in [-0.25, -0.2) is 9.78 Å². The van der Waals surface area contributed by atoms with Gasteiger partial charge in [0.25, 0.3) is 0 Å². The van der Waals surface area contributed by atoms with Gasteiger partial charge in [-0.2, -0.15) is 0 Å².